The van der Waals surface area contributed by atoms with E-state index in [1.807, 2.05) is 31.2 Å². The number of amides is 1. The minimum Gasteiger partial charge on any atom is -0.494 e. The summed E-state index contributed by atoms with van der Waals surface area (Å²) >= 11 is 3.37. The van der Waals surface area contributed by atoms with Gasteiger partial charge in [-0.2, -0.15) is 0 Å². The monoisotopic (exact) mass is 314 g/mol. The van der Waals surface area contributed by atoms with Crippen LogP contribution in [-0.4, -0.2) is 25.1 Å². The molecule has 1 aromatic rings. The maximum atomic E-state index is 11.4. The van der Waals surface area contributed by atoms with Crippen LogP contribution in [0.2, 0.25) is 0 Å². The molecule has 0 fully saturated rings. The first-order valence-corrected chi connectivity index (χ1v) is 6.79. The highest BCUT2D eigenvalue weighted by Crippen LogP contribution is 2.17. The lowest BCUT2D eigenvalue weighted by Crippen LogP contribution is -2.37. The number of halogens is 1. The molecule has 0 aliphatic heterocycles. The molecular weight excluding hydrogens is 296 g/mol. The molecule has 0 saturated carbocycles. The summed E-state index contributed by atoms with van der Waals surface area (Å²) in [7, 11) is 0. The van der Waals surface area contributed by atoms with Crippen LogP contribution < -0.4 is 15.8 Å². The third kappa shape index (κ3) is 6.02. The molecule has 0 unspecified atom stereocenters. The van der Waals surface area contributed by atoms with E-state index in [-0.39, 0.29) is 11.9 Å². The van der Waals surface area contributed by atoms with Crippen molar-refractivity contribution in [2.24, 2.45) is 5.73 Å². The highest BCUT2D eigenvalue weighted by molar-refractivity contribution is 9.10. The smallest absolute Gasteiger partial charge is 0.220 e. The van der Waals surface area contributed by atoms with E-state index < -0.39 is 0 Å². The summed E-state index contributed by atoms with van der Waals surface area (Å²) in [5.41, 5.74) is 5.42. The zero-order valence-electron chi connectivity index (χ0n) is 10.5. The molecule has 1 aromatic carbocycles. The molecule has 3 N–H and O–H groups in total. The number of hydrogen-bond donors (Lipinski definition) is 2. The molecule has 1 atom stereocenters. The zero-order chi connectivity index (χ0) is 13.4. The zero-order valence-corrected chi connectivity index (χ0v) is 12.1. The van der Waals surface area contributed by atoms with Crippen LogP contribution in [0.4, 0.5) is 0 Å². The first kappa shape index (κ1) is 15.0. The SMILES string of the molecule is C[C@@H](CN)NC(=O)CCCOc1cccc(Br)c1. The van der Waals surface area contributed by atoms with Gasteiger partial charge in [-0.05, 0) is 31.5 Å². The van der Waals surface area contributed by atoms with E-state index >= 15 is 0 Å². The first-order valence-electron chi connectivity index (χ1n) is 5.99. The van der Waals surface area contributed by atoms with E-state index in [9.17, 15) is 4.79 Å². The predicted molar refractivity (Wildman–Crippen MR) is 75.5 cm³/mol. The van der Waals surface area contributed by atoms with Crippen molar-refractivity contribution in [3.05, 3.63) is 28.7 Å². The maximum absolute atomic E-state index is 11.4. The highest BCUT2D eigenvalue weighted by atomic mass is 79.9. The Kier molecular flexibility index (Phi) is 6.75. The van der Waals surface area contributed by atoms with Gasteiger partial charge in [0.05, 0.1) is 6.61 Å². The van der Waals surface area contributed by atoms with Gasteiger partial charge in [-0.3, -0.25) is 4.79 Å². The molecule has 4 nitrogen and oxygen atoms in total. The largest absolute Gasteiger partial charge is 0.494 e. The third-order valence-electron chi connectivity index (χ3n) is 2.37. The van der Waals surface area contributed by atoms with Crippen molar-refractivity contribution in [2.75, 3.05) is 13.2 Å². The summed E-state index contributed by atoms with van der Waals surface area (Å²) in [6, 6.07) is 7.67. The molecule has 5 heteroatoms. The molecule has 0 aromatic heterocycles. The fraction of sp³-hybridized carbons (Fsp3) is 0.462. The van der Waals surface area contributed by atoms with Gasteiger partial charge in [0.15, 0.2) is 0 Å². The van der Waals surface area contributed by atoms with Gasteiger partial charge < -0.3 is 15.8 Å². The molecule has 100 valence electrons. The van der Waals surface area contributed by atoms with Gasteiger partial charge in [0.2, 0.25) is 5.91 Å². The predicted octanol–water partition coefficient (Wildman–Crippen LogP) is 2.07. The second-order valence-corrected chi connectivity index (χ2v) is 5.03. The van der Waals surface area contributed by atoms with Gasteiger partial charge in [0.25, 0.3) is 0 Å². The van der Waals surface area contributed by atoms with Gasteiger partial charge in [-0.15, -0.1) is 0 Å². The summed E-state index contributed by atoms with van der Waals surface area (Å²) in [4.78, 5) is 11.4. The minimum atomic E-state index is 0.0193. The highest BCUT2D eigenvalue weighted by Gasteiger charge is 2.05. The molecule has 0 aliphatic rings. The Morgan fingerprint density at radius 3 is 3.00 bits per heavy atom. The number of rotatable bonds is 7. The molecular formula is C13H19BrN2O2. The standard InChI is InChI=1S/C13H19BrN2O2/c1-10(9-15)16-13(17)6-3-7-18-12-5-2-4-11(14)8-12/h2,4-5,8,10H,3,6-7,9,15H2,1H3,(H,16,17)/t10-/m0/s1. The van der Waals surface area contributed by atoms with E-state index in [0.29, 0.717) is 26.0 Å². The minimum absolute atomic E-state index is 0.0193. The van der Waals surface area contributed by atoms with Gasteiger partial charge in [0, 0.05) is 23.5 Å². The van der Waals surface area contributed by atoms with Crippen molar-refractivity contribution in [2.45, 2.75) is 25.8 Å². The number of carbonyl (C=O) groups excluding carboxylic acids is 1. The number of hydrogen-bond acceptors (Lipinski definition) is 3. The Hall–Kier alpha value is -1.07. The van der Waals surface area contributed by atoms with Crippen molar-refractivity contribution in [1.29, 1.82) is 0 Å². The fourth-order valence-electron chi connectivity index (χ4n) is 1.39. The second kappa shape index (κ2) is 8.11. The van der Waals surface area contributed by atoms with E-state index in [4.69, 9.17) is 10.5 Å². The number of carbonyl (C=O) groups is 1. The molecule has 0 aliphatic carbocycles. The Morgan fingerprint density at radius 1 is 1.56 bits per heavy atom. The summed E-state index contributed by atoms with van der Waals surface area (Å²) in [6.45, 7) is 2.87. The number of ether oxygens (including phenoxy) is 1. The molecule has 0 bridgehead atoms. The Balaban J connectivity index is 2.17. The van der Waals surface area contributed by atoms with Crippen LogP contribution in [-0.2, 0) is 4.79 Å². The van der Waals surface area contributed by atoms with Crippen LogP contribution in [0.1, 0.15) is 19.8 Å². The lowest BCUT2D eigenvalue weighted by atomic mass is 10.2. The summed E-state index contributed by atoms with van der Waals surface area (Å²) in [5.74, 6) is 0.825. The van der Waals surface area contributed by atoms with E-state index in [1.165, 1.54) is 0 Å². The van der Waals surface area contributed by atoms with Gasteiger partial charge in [0.1, 0.15) is 5.75 Å². The fourth-order valence-corrected chi connectivity index (χ4v) is 1.76. The molecule has 0 heterocycles. The van der Waals surface area contributed by atoms with Gasteiger partial charge in [-0.25, -0.2) is 0 Å². The first-order chi connectivity index (χ1) is 8.61. The summed E-state index contributed by atoms with van der Waals surface area (Å²) in [5, 5.41) is 2.81. The average Bonchev–Trinajstić information content (AvgIpc) is 2.34. The topological polar surface area (TPSA) is 64.3 Å². The molecule has 18 heavy (non-hydrogen) atoms. The van der Waals surface area contributed by atoms with Crippen molar-refractivity contribution in [1.82, 2.24) is 5.32 Å². The van der Waals surface area contributed by atoms with Crippen LogP contribution >= 0.6 is 15.9 Å². The van der Waals surface area contributed by atoms with Crippen LogP contribution in [0.15, 0.2) is 28.7 Å². The normalized spacial score (nSPS) is 11.9. The lowest BCUT2D eigenvalue weighted by Gasteiger charge is -2.11. The second-order valence-electron chi connectivity index (χ2n) is 4.11. The third-order valence-corrected chi connectivity index (χ3v) is 2.87. The summed E-state index contributed by atoms with van der Waals surface area (Å²) < 4.78 is 6.51. The van der Waals surface area contributed by atoms with Gasteiger partial charge in [-0.1, -0.05) is 22.0 Å². The van der Waals surface area contributed by atoms with Crippen LogP contribution in [0.3, 0.4) is 0 Å². The Labute approximate surface area is 116 Å². The van der Waals surface area contributed by atoms with E-state index in [1.54, 1.807) is 0 Å². The number of nitrogens with one attached hydrogen (secondary N) is 1. The summed E-state index contributed by atoms with van der Waals surface area (Å²) in [6.07, 6.45) is 1.15. The van der Waals surface area contributed by atoms with E-state index in [2.05, 4.69) is 21.2 Å². The quantitative estimate of drug-likeness (QED) is 0.757. The molecule has 1 rings (SSSR count). The molecule has 0 saturated heterocycles. The van der Waals surface area contributed by atoms with Crippen LogP contribution in [0, 0.1) is 0 Å². The van der Waals surface area contributed by atoms with E-state index in [0.717, 1.165) is 10.2 Å². The van der Waals surface area contributed by atoms with Crippen molar-refractivity contribution >= 4 is 21.8 Å². The lowest BCUT2D eigenvalue weighted by molar-refractivity contribution is -0.121. The number of nitrogens with two attached hydrogens (primary N) is 1. The maximum Gasteiger partial charge on any atom is 0.220 e. The number of benzene rings is 1. The molecule has 0 spiro atoms. The van der Waals surface area contributed by atoms with Crippen molar-refractivity contribution < 1.29 is 9.53 Å². The van der Waals surface area contributed by atoms with Crippen molar-refractivity contribution in [3.63, 3.8) is 0 Å². The van der Waals surface area contributed by atoms with Crippen LogP contribution in [0.5, 0.6) is 5.75 Å². The molecule has 1 amide bonds. The Morgan fingerprint density at radius 2 is 2.33 bits per heavy atom. The Bertz CT molecular complexity index is 385. The average molecular weight is 315 g/mol. The van der Waals surface area contributed by atoms with Crippen LogP contribution in [0.25, 0.3) is 0 Å². The van der Waals surface area contributed by atoms with Gasteiger partial charge >= 0.3 is 0 Å². The van der Waals surface area contributed by atoms with Crippen molar-refractivity contribution in [3.8, 4) is 5.75 Å². The molecule has 0 radical (unpaired) electrons.